The summed E-state index contributed by atoms with van der Waals surface area (Å²) in [6.45, 7) is 3.70. The fraction of sp³-hybridized carbons (Fsp3) is 0.154. The number of anilines is 1. The first kappa shape index (κ1) is 20.6. The SMILES string of the molecule is COc1cccc2cc(C(=O)C3=C(O)C(=O)N(c4ccc(C)cc4)C3c3ccc(C)o3)oc12. The highest BCUT2D eigenvalue weighted by atomic mass is 16.5. The van der Waals surface area contributed by atoms with E-state index in [0.717, 1.165) is 5.56 Å². The average Bonchev–Trinajstić information content (AvgIpc) is 3.50. The van der Waals surface area contributed by atoms with Crippen molar-refractivity contribution < 1.29 is 28.3 Å². The van der Waals surface area contributed by atoms with Gasteiger partial charge in [0.2, 0.25) is 5.78 Å². The highest BCUT2D eigenvalue weighted by Crippen LogP contribution is 2.43. The van der Waals surface area contributed by atoms with Gasteiger partial charge in [0, 0.05) is 11.1 Å². The molecular formula is C26H21NO6. The van der Waals surface area contributed by atoms with E-state index in [-0.39, 0.29) is 11.3 Å². The minimum atomic E-state index is -0.948. The van der Waals surface area contributed by atoms with Crippen LogP contribution in [-0.2, 0) is 4.79 Å². The highest BCUT2D eigenvalue weighted by Gasteiger charge is 2.46. The summed E-state index contributed by atoms with van der Waals surface area (Å²) >= 11 is 0. The number of aryl methyl sites for hydroxylation is 2. The van der Waals surface area contributed by atoms with Gasteiger partial charge in [-0.15, -0.1) is 0 Å². The van der Waals surface area contributed by atoms with E-state index >= 15 is 0 Å². The molecule has 3 heterocycles. The number of furan rings is 2. The molecule has 1 unspecified atom stereocenters. The van der Waals surface area contributed by atoms with Crippen LogP contribution in [0.3, 0.4) is 0 Å². The number of aliphatic hydroxyl groups is 1. The van der Waals surface area contributed by atoms with Crippen molar-refractivity contribution in [2.45, 2.75) is 19.9 Å². The molecule has 5 rings (SSSR count). The number of benzene rings is 2. The van der Waals surface area contributed by atoms with Crippen molar-refractivity contribution >= 4 is 28.3 Å². The third-order valence-corrected chi connectivity index (χ3v) is 5.75. The lowest BCUT2D eigenvalue weighted by atomic mass is 9.99. The van der Waals surface area contributed by atoms with Gasteiger partial charge >= 0.3 is 0 Å². The molecule has 0 aliphatic carbocycles. The summed E-state index contributed by atoms with van der Waals surface area (Å²) in [5.41, 5.74) is 1.85. The molecule has 0 fully saturated rings. The lowest BCUT2D eigenvalue weighted by molar-refractivity contribution is -0.117. The number of hydrogen-bond acceptors (Lipinski definition) is 6. The molecule has 1 amide bonds. The Balaban J connectivity index is 1.65. The number of ketones is 1. The summed E-state index contributed by atoms with van der Waals surface area (Å²) in [4.78, 5) is 28.2. The Morgan fingerprint density at radius 2 is 1.79 bits per heavy atom. The number of carbonyl (C=O) groups is 2. The second-order valence-corrected chi connectivity index (χ2v) is 7.94. The number of Topliss-reactive ketones (excluding diaryl/α,β-unsaturated/α-hetero) is 1. The molecule has 1 aliphatic rings. The third kappa shape index (κ3) is 3.29. The lowest BCUT2D eigenvalue weighted by Gasteiger charge is -2.25. The van der Waals surface area contributed by atoms with Crippen molar-refractivity contribution in [2.24, 2.45) is 0 Å². The zero-order chi connectivity index (χ0) is 23.3. The molecule has 1 aliphatic heterocycles. The maximum absolute atomic E-state index is 13.6. The van der Waals surface area contributed by atoms with E-state index in [1.54, 1.807) is 55.5 Å². The molecule has 7 nitrogen and oxygen atoms in total. The first-order chi connectivity index (χ1) is 15.9. The predicted molar refractivity (Wildman–Crippen MR) is 122 cm³/mol. The van der Waals surface area contributed by atoms with Crippen molar-refractivity contribution in [2.75, 3.05) is 12.0 Å². The number of hydrogen-bond donors (Lipinski definition) is 1. The van der Waals surface area contributed by atoms with E-state index in [2.05, 4.69) is 0 Å². The summed E-state index contributed by atoms with van der Waals surface area (Å²) in [6, 6.07) is 16.6. The van der Waals surface area contributed by atoms with Gasteiger partial charge < -0.3 is 18.7 Å². The minimum absolute atomic E-state index is 0.0112. The van der Waals surface area contributed by atoms with Crippen LogP contribution in [0.5, 0.6) is 5.75 Å². The molecular weight excluding hydrogens is 422 g/mol. The number of aliphatic hydroxyl groups excluding tert-OH is 1. The van der Waals surface area contributed by atoms with E-state index in [1.807, 2.05) is 19.1 Å². The van der Waals surface area contributed by atoms with Crippen LogP contribution in [-0.4, -0.2) is 23.9 Å². The Morgan fingerprint density at radius 1 is 1.03 bits per heavy atom. The van der Waals surface area contributed by atoms with Crippen molar-refractivity contribution in [3.63, 3.8) is 0 Å². The monoisotopic (exact) mass is 443 g/mol. The van der Waals surface area contributed by atoms with Gasteiger partial charge in [-0.25, -0.2) is 0 Å². The van der Waals surface area contributed by atoms with Crippen LogP contribution in [0, 0.1) is 13.8 Å². The Bertz CT molecular complexity index is 1420. The Morgan fingerprint density at radius 3 is 2.45 bits per heavy atom. The quantitative estimate of drug-likeness (QED) is 0.413. The number of para-hydroxylation sites is 1. The van der Waals surface area contributed by atoms with Gasteiger partial charge in [0.1, 0.15) is 17.6 Å². The number of carbonyl (C=O) groups excluding carboxylic acids is 2. The first-order valence-electron chi connectivity index (χ1n) is 10.4. The Hall–Kier alpha value is -4.26. The number of fused-ring (bicyclic) bond motifs is 1. The van der Waals surface area contributed by atoms with E-state index in [9.17, 15) is 14.7 Å². The topological polar surface area (TPSA) is 93.1 Å². The van der Waals surface area contributed by atoms with E-state index < -0.39 is 23.5 Å². The highest BCUT2D eigenvalue weighted by molar-refractivity contribution is 6.20. The van der Waals surface area contributed by atoms with Crippen LogP contribution in [0.25, 0.3) is 11.0 Å². The molecule has 33 heavy (non-hydrogen) atoms. The van der Waals surface area contributed by atoms with Gasteiger partial charge in [-0.05, 0) is 50.2 Å². The van der Waals surface area contributed by atoms with Gasteiger partial charge in [-0.2, -0.15) is 0 Å². The largest absolute Gasteiger partial charge is 0.503 e. The van der Waals surface area contributed by atoms with Gasteiger partial charge in [0.05, 0.1) is 12.7 Å². The number of amides is 1. The molecule has 2 aromatic carbocycles. The fourth-order valence-corrected chi connectivity index (χ4v) is 4.12. The molecule has 1 atom stereocenters. The second-order valence-electron chi connectivity index (χ2n) is 7.94. The van der Waals surface area contributed by atoms with E-state index in [4.69, 9.17) is 13.6 Å². The molecule has 4 aromatic rings. The van der Waals surface area contributed by atoms with Gasteiger partial charge in [0.15, 0.2) is 22.9 Å². The van der Waals surface area contributed by atoms with Crippen molar-refractivity contribution in [1.82, 2.24) is 0 Å². The van der Waals surface area contributed by atoms with Crippen molar-refractivity contribution in [3.8, 4) is 5.75 Å². The zero-order valence-corrected chi connectivity index (χ0v) is 18.3. The third-order valence-electron chi connectivity index (χ3n) is 5.75. The standard InChI is InChI=1S/C26H21NO6/c1-14-7-10-17(11-8-14)27-22(18-12-9-15(2)32-18)21(24(29)26(27)30)23(28)20-13-16-5-4-6-19(31-3)25(16)33-20/h4-13,22,29H,1-3H3. The molecule has 0 saturated heterocycles. The first-order valence-corrected chi connectivity index (χ1v) is 10.4. The Kier molecular flexibility index (Phi) is 4.82. The molecule has 2 aromatic heterocycles. The molecule has 0 spiro atoms. The molecule has 7 heteroatoms. The van der Waals surface area contributed by atoms with Crippen LogP contribution in [0.1, 0.15) is 33.7 Å². The summed E-state index contributed by atoms with van der Waals surface area (Å²) in [7, 11) is 1.51. The lowest BCUT2D eigenvalue weighted by Crippen LogP contribution is -2.30. The number of ether oxygens (including phenoxy) is 1. The van der Waals surface area contributed by atoms with Crippen LogP contribution >= 0.6 is 0 Å². The van der Waals surface area contributed by atoms with Crippen molar-refractivity contribution in [1.29, 1.82) is 0 Å². The van der Waals surface area contributed by atoms with Gasteiger partial charge in [0.25, 0.3) is 5.91 Å². The predicted octanol–water partition coefficient (Wildman–Crippen LogP) is 5.43. The Labute approximate surface area is 189 Å². The molecule has 0 radical (unpaired) electrons. The summed E-state index contributed by atoms with van der Waals surface area (Å²) < 4.78 is 16.9. The maximum atomic E-state index is 13.6. The smallest absolute Gasteiger partial charge is 0.294 e. The van der Waals surface area contributed by atoms with Crippen LogP contribution in [0.15, 0.2) is 80.8 Å². The second kappa shape index (κ2) is 7.70. The summed E-state index contributed by atoms with van der Waals surface area (Å²) in [6.07, 6.45) is 0. The number of nitrogens with zero attached hydrogens (tertiary/aromatic N) is 1. The number of rotatable bonds is 5. The summed E-state index contributed by atoms with van der Waals surface area (Å²) in [5.74, 6) is -0.472. The normalized spacial score (nSPS) is 16.2. The van der Waals surface area contributed by atoms with E-state index in [0.29, 0.717) is 33.9 Å². The van der Waals surface area contributed by atoms with Crippen LogP contribution in [0.2, 0.25) is 0 Å². The van der Waals surface area contributed by atoms with Gasteiger partial charge in [-0.3, -0.25) is 14.5 Å². The molecule has 1 N–H and O–H groups in total. The maximum Gasteiger partial charge on any atom is 0.294 e. The molecule has 0 saturated carbocycles. The summed E-state index contributed by atoms with van der Waals surface area (Å²) in [5, 5.41) is 11.5. The fourth-order valence-electron chi connectivity index (χ4n) is 4.12. The van der Waals surface area contributed by atoms with E-state index in [1.165, 1.54) is 12.0 Å². The minimum Gasteiger partial charge on any atom is -0.503 e. The number of methoxy groups -OCH3 is 1. The molecule has 0 bridgehead atoms. The van der Waals surface area contributed by atoms with Crippen molar-refractivity contribution in [3.05, 3.63) is 94.8 Å². The zero-order valence-electron chi connectivity index (χ0n) is 18.3. The average molecular weight is 443 g/mol. The van der Waals surface area contributed by atoms with Crippen LogP contribution in [0.4, 0.5) is 5.69 Å². The van der Waals surface area contributed by atoms with Crippen LogP contribution < -0.4 is 9.64 Å². The molecule has 166 valence electrons. The van der Waals surface area contributed by atoms with Gasteiger partial charge in [-0.1, -0.05) is 29.8 Å².